The number of hydrogen-bond acceptors (Lipinski definition) is 1. The van der Waals surface area contributed by atoms with Crippen molar-refractivity contribution in [2.24, 2.45) is 11.8 Å². The highest BCUT2D eigenvalue weighted by molar-refractivity contribution is 5.93. The van der Waals surface area contributed by atoms with Crippen LogP contribution in [0.1, 0.15) is 12.8 Å². The molecule has 4 rings (SSSR count). The lowest BCUT2D eigenvalue weighted by Crippen LogP contribution is -2.43. The first kappa shape index (κ1) is 10.2. The highest BCUT2D eigenvalue weighted by atomic mass is 15.0. The fourth-order valence-electron chi connectivity index (χ4n) is 3.43. The number of anilines is 1. The monoisotopic (exact) mass is 235 g/mol. The van der Waals surface area contributed by atoms with Crippen LogP contribution in [-0.4, -0.2) is 6.04 Å². The van der Waals surface area contributed by atoms with Crippen molar-refractivity contribution in [3.8, 4) is 0 Å². The molecular formula is C17H17N. The van der Waals surface area contributed by atoms with Crippen molar-refractivity contribution >= 4 is 16.5 Å². The van der Waals surface area contributed by atoms with Gasteiger partial charge in [0.05, 0.1) is 0 Å². The zero-order valence-electron chi connectivity index (χ0n) is 10.3. The molecule has 1 heteroatoms. The molecule has 0 bridgehead atoms. The molecule has 1 nitrogen and oxygen atoms in total. The van der Waals surface area contributed by atoms with E-state index in [1.165, 1.54) is 29.3 Å². The van der Waals surface area contributed by atoms with E-state index in [4.69, 9.17) is 0 Å². The number of benzene rings is 2. The molecule has 0 radical (unpaired) electrons. The summed E-state index contributed by atoms with van der Waals surface area (Å²) in [5, 5.41) is 6.40. The van der Waals surface area contributed by atoms with Crippen LogP contribution in [0.2, 0.25) is 0 Å². The number of fused-ring (bicyclic) bond motifs is 2. The molecule has 0 aliphatic heterocycles. The zero-order valence-corrected chi connectivity index (χ0v) is 10.3. The molecular weight excluding hydrogens is 218 g/mol. The standard InChI is InChI=1S/C17H17N/c1-2-8-14-12(5-1)6-4-10-16(14)18-17-11-13-7-3-9-15(13)17/h1-6,8-10,13,15,17-18H,7,11H2. The van der Waals surface area contributed by atoms with E-state index in [0.29, 0.717) is 6.04 Å². The van der Waals surface area contributed by atoms with Gasteiger partial charge < -0.3 is 5.32 Å². The van der Waals surface area contributed by atoms with E-state index >= 15 is 0 Å². The number of hydrogen-bond donors (Lipinski definition) is 1. The van der Waals surface area contributed by atoms with Crippen LogP contribution < -0.4 is 5.32 Å². The molecule has 3 unspecified atom stereocenters. The Morgan fingerprint density at radius 1 is 1.00 bits per heavy atom. The zero-order chi connectivity index (χ0) is 11.9. The molecule has 2 aliphatic carbocycles. The molecule has 1 fully saturated rings. The van der Waals surface area contributed by atoms with Crippen molar-refractivity contribution in [3.63, 3.8) is 0 Å². The van der Waals surface area contributed by atoms with Gasteiger partial charge in [-0.05, 0) is 30.2 Å². The van der Waals surface area contributed by atoms with E-state index in [9.17, 15) is 0 Å². The van der Waals surface area contributed by atoms with E-state index in [2.05, 4.69) is 59.9 Å². The van der Waals surface area contributed by atoms with Crippen LogP contribution in [0, 0.1) is 11.8 Å². The van der Waals surface area contributed by atoms with Crippen LogP contribution in [-0.2, 0) is 0 Å². The van der Waals surface area contributed by atoms with Crippen molar-refractivity contribution in [2.45, 2.75) is 18.9 Å². The van der Waals surface area contributed by atoms with E-state index in [-0.39, 0.29) is 0 Å². The van der Waals surface area contributed by atoms with Gasteiger partial charge in [0.2, 0.25) is 0 Å². The van der Waals surface area contributed by atoms with Crippen molar-refractivity contribution in [1.82, 2.24) is 0 Å². The van der Waals surface area contributed by atoms with Gasteiger partial charge in [-0.1, -0.05) is 48.6 Å². The Labute approximate surface area is 108 Å². The van der Waals surface area contributed by atoms with Gasteiger partial charge in [-0.3, -0.25) is 0 Å². The van der Waals surface area contributed by atoms with Gasteiger partial charge in [0, 0.05) is 23.0 Å². The summed E-state index contributed by atoms with van der Waals surface area (Å²) < 4.78 is 0. The van der Waals surface area contributed by atoms with Gasteiger partial charge in [-0.25, -0.2) is 0 Å². The van der Waals surface area contributed by atoms with Gasteiger partial charge in [-0.15, -0.1) is 0 Å². The number of rotatable bonds is 2. The quantitative estimate of drug-likeness (QED) is 0.769. The van der Waals surface area contributed by atoms with Gasteiger partial charge in [0.25, 0.3) is 0 Å². The minimum absolute atomic E-state index is 0.638. The number of nitrogens with one attached hydrogen (secondary N) is 1. The average Bonchev–Trinajstić information content (AvgIpc) is 2.77. The van der Waals surface area contributed by atoms with Crippen LogP contribution in [0.3, 0.4) is 0 Å². The van der Waals surface area contributed by atoms with Gasteiger partial charge in [0.1, 0.15) is 0 Å². The summed E-state index contributed by atoms with van der Waals surface area (Å²) in [6, 6.07) is 15.8. The summed E-state index contributed by atoms with van der Waals surface area (Å²) >= 11 is 0. The lowest BCUT2D eigenvalue weighted by atomic mass is 9.71. The highest BCUT2D eigenvalue weighted by Crippen LogP contribution is 2.44. The normalized spacial score (nSPS) is 29.0. The van der Waals surface area contributed by atoms with Gasteiger partial charge in [0.15, 0.2) is 0 Å². The maximum atomic E-state index is 3.74. The summed E-state index contributed by atoms with van der Waals surface area (Å²) in [5.41, 5.74) is 1.29. The summed E-state index contributed by atoms with van der Waals surface area (Å²) in [6.45, 7) is 0. The van der Waals surface area contributed by atoms with Crippen molar-refractivity contribution in [1.29, 1.82) is 0 Å². The van der Waals surface area contributed by atoms with E-state index in [1.807, 2.05) is 0 Å². The Balaban J connectivity index is 1.65. The molecule has 3 atom stereocenters. The maximum Gasteiger partial charge on any atom is 0.0422 e. The topological polar surface area (TPSA) is 12.0 Å². The SMILES string of the molecule is C1=CC2C(C1)CC2Nc1cccc2ccccc12. The second kappa shape index (κ2) is 3.88. The summed E-state index contributed by atoms with van der Waals surface area (Å²) in [6.07, 6.45) is 7.36. The molecule has 0 amide bonds. The first-order valence-electron chi connectivity index (χ1n) is 6.83. The Morgan fingerprint density at radius 2 is 1.89 bits per heavy atom. The van der Waals surface area contributed by atoms with Crippen molar-refractivity contribution in [3.05, 3.63) is 54.6 Å². The molecule has 0 aromatic heterocycles. The van der Waals surface area contributed by atoms with Crippen LogP contribution in [0.25, 0.3) is 10.8 Å². The Bertz CT molecular complexity index is 609. The van der Waals surface area contributed by atoms with Crippen LogP contribution >= 0.6 is 0 Å². The van der Waals surface area contributed by atoms with Crippen LogP contribution in [0.15, 0.2) is 54.6 Å². The lowest BCUT2D eigenvalue weighted by molar-refractivity contribution is 0.218. The predicted octanol–water partition coefficient (Wildman–Crippen LogP) is 4.22. The van der Waals surface area contributed by atoms with Crippen molar-refractivity contribution in [2.75, 3.05) is 5.32 Å². The van der Waals surface area contributed by atoms with E-state index < -0.39 is 0 Å². The molecule has 0 spiro atoms. The first-order chi connectivity index (χ1) is 8.92. The smallest absolute Gasteiger partial charge is 0.0422 e. The fraction of sp³-hybridized carbons (Fsp3) is 0.294. The van der Waals surface area contributed by atoms with E-state index in [0.717, 1.165) is 11.8 Å². The molecule has 18 heavy (non-hydrogen) atoms. The van der Waals surface area contributed by atoms with E-state index in [1.54, 1.807) is 0 Å². The summed E-state index contributed by atoms with van der Waals surface area (Å²) in [5.74, 6) is 1.68. The largest absolute Gasteiger partial charge is 0.381 e. The molecule has 2 aromatic carbocycles. The molecule has 2 aliphatic rings. The lowest BCUT2D eigenvalue weighted by Gasteiger charge is -2.41. The Kier molecular flexibility index (Phi) is 2.19. The third-order valence-corrected chi connectivity index (χ3v) is 4.49. The third-order valence-electron chi connectivity index (χ3n) is 4.49. The molecule has 1 N–H and O–H groups in total. The molecule has 2 aromatic rings. The maximum absolute atomic E-state index is 3.74. The molecule has 0 heterocycles. The highest BCUT2D eigenvalue weighted by Gasteiger charge is 2.40. The van der Waals surface area contributed by atoms with Gasteiger partial charge in [-0.2, -0.15) is 0 Å². The van der Waals surface area contributed by atoms with Crippen LogP contribution in [0.4, 0.5) is 5.69 Å². The summed E-state index contributed by atoms with van der Waals surface area (Å²) in [7, 11) is 0. The second-order valence-corrected chi connectivity index (χ2v) is 5.51. The molecule has 1 saturated carbocycles. The van der Waals surface area contributed by atoms with Crippen molar-refractivity contribution < 1.29 is 0 Å². The van der Waals surface area contributed by atoms with Gasteiger partial charge >= 0.3 is 0 Å². The predicted molar refractivity (Wildman–Crippen MR) is 76.7 cm³/mol. The minimum Gasteiger partial charge on any atom is -0.381 e. The molecule has 0 saturated heterocycles. The Morgan fingerprint density at radius 3 is 2.83 bits per heavy atom. The Hall–Kier alpha value is -1.76. The fourth-order valence-corrected chi connectivity index (χ4v) is 3.43. The first-order valence-corrected chi connectivity index (χ1v) is 6.83. The van der Waals surface area contributed by atoms with Crippen LogP contribution in [0.5, 0.6) is 0 Å². The number of allylic oxidation sites excluding steroid dienone is 1. The third kappa shape index (κ3) is 1.47. The minimum atomic E-state index is 0.638. The molecule has 90 valence electrons. The second-order valence-electron chi connectivity index (χ2n) is 5.51. The average molecular weight is 235 g/mol. The summed E-state index contributed by atoms with van der Waals surface area (Å²) in [4.78, 5) is 0.